The predicted molar refractivity (Wildman–Crippen MR) is 65.4 cm³/mol. The molecule has 1 aliphatic rings. The van der Waals surface area contributed by atoms with Crippen molar-refractivity contribution in [2.45, 2.75) is 32.6 Å². The van der Waals surface area contributed by atoms with Gasteiger partial charge in [-0.3, -0.25) is 0 Å². The van der Waals surface area contributed by atoms with Crippen molar-refractivity contribution in [1.82, 2.24) is 10.6 Å². The SMILES string of the molecule is COC1C=CC(CNC(=O)OC(C)(C)C)=CN1. The van der Waals surface area contributed by atoms with E-state index in [9.17, 15) is 4.79 Å². The highest BCUT2D eigenvalue weighted by Crippen LogP contribution is 2.07. The third-order valence-electron chi connectivity index (χ3n) is 2.01. The molecule has 0 aromatic carbocycles. The van der Waals surface area contributed by atoms with Crippen LogP contribution in [0.25, 0.3) is 0 Å². The van der Waals surface area contributed by atoms with Crippen molar-refractivity contribution < 1.29 is 14.3 Å². The molecule has 1 heterocycles. The molecular weight excluding hydrogens is 220 g/mol. The number of alkyl carbamates (subject to hydrolysis) is 1. The zero-order valence-electron chi connectivity index (χ0n) is 10.7. The quantitative estimate of drug-likeness (QED) is 0.785. The number of amides is 1. The average molecular weight is 240 g/mol. The maximum atomic E-state index is 11.4. The fourth-order valence-corrected chi connectivity index (χ4v) is 1.25. The van der Waals surface area contributed by atoms with E-state index in [1.54, 1.807) is 7.11 Å². The highest BCUT2D eigenvalue weighted by Gasteiger charge is 2.16. The lowest BCUT2D eigenvalue weighted by Gasteiger charge is -2.21. The standard InChI is InChI=1S/C12H20N2O3/c1-12(2,3)17-11(15)14-8-9-5-6-10(16-4)13-7-9/h5-7,10,13H,8H2,1-4H3,(H,14,15). The Balaban J connectivity index is 2.31. The van der Waals surface area contributed by atoms with E-state index in [2.05, 4.69) is 10.6 Å². The highest BCUT2D eigenvalue weighted by molar-refractivity contribution is 5.68. The van der Waals surface area contributed by atoms with Gasteiger partial charge in [-0.2, -0.15) is 0 Å². The molecule has 1 rings (SSSR count). The van der Waals surface area contributed by atoms with Gasteiger partial charge in [-0.25, -0.2) is 4.79 Å². The zero-order chi connectivity index (χ0) is 12.9. The summed E-state index contributed by atoms with van der Waals surface area (Å²) < 4.78 is 10.2. The van der Waals surface area contributed by atoms with Crippen LogP contribution in [0.4, 0.5) is 4.79 Å². The summed E-state index contributed by atoms with van der Waals surface area (Å²) in [6.07, 6.45) is 5.08. The minimum absolute atomic E-state index is 0.0970. The largest absolute Gasteiger partial charge is 0.444 e. The van der Waals surface area contributed by atoms with E-state index < -0.39 is 11.7 Å². The van der Waals surface area contributed by atoms with Gasteiger partial charge in [0.2, 0.25) is 0 Å². The van der Waals surface area contributed by atoms with Gasteiger partial charge >= 0.3 is 6.09 Å². The van der Waals surface area contributed by atoms with Crippen molar-refractivity contribution in [3.63, 3.8) is 0 Å². The van der Waals surface area contributed by atoms with Gasteiger partial charge in [0.15, 0.2) is 0 Å². The summed E-state index contributed by atoms with van der Waals surface area (Å²) in [4.78, 5) is 11.4. The van der Waals surface area contributed by atoms with Crippen LogP contribution in [0.15, 0.2) is 23.9 Å². The van der Waals surface area contributed by atoms with Crippen LogP contribution in [0.5, 0.6) is 0 Å². The first-order chi connectivity index (χ1) is 7.90. The Hall–Kier alpha value is -1.49. The minimum atomic E-state index is -0.472. The van der Waals surface area contributed by atoms with Crippen molar-refractivity contribution in [3.8, 4) is 0 Å². The fraction of sp³-hybridized carbons (Fsp3) is 0.583. The Morgan fingerprint density at radius 1 is 1.53 bits per heavy atom. The second kappa shape index (κ2) is 5.72. The molecule has 0 aromatic rings. The second-order valence-corrected chi connectivity index (χ2v) is 4.76. The van der Waals surface area contributed by atoms with E-state index in [1.807, 2.05) is 39.1 Å². The van der Waals surface area contributed by atoms with Crippen LogP contribution in [-0.2, 0) is 9.47 Å². The van der Waals surface area contributed by atoms with E-state index in [1.165, 1.54) is 0 Å². The van der Waals surface area contributed by atoms with E-state index in [0.29, 0.717) is 6.54 Å². The fourth-order valence-electron chi connectivity index (χ4n) is 1.25. The van der Waals surface area contributed by atoms with Crippen LogP contribution in [0.2, 0.25) is 0 Å². The molecule has 1 amide bonds. The molecule has 1 unspecified atom stereocenters. The van der Waals surface area contributed by atoms with E-state index in [-0.39, 0.29) is 6.23 Å². The zero-order valence-corrected chi connectivity index (χ0v) is 10.7. The molecule has 0 radical (unpaired) electrons. The summed E-state index contributed by atoms with van der Waals surface area (Å²) in [6, 6.07) is 0. The molecule has 0 saturated heterocycles. The molecule has 0 bridgehead atoms. The summed E-state index contributed by atoms with van der Waals surface area (Å²) in [7, 11) is 1.62. The molecule has 2 N–H and O–H groups in total. The molecule has 0 spiro atoms. The first-order valence-electron chi connectivity index (χ1n) is 5.53. The van der Waals surface area contributed by atoms with Gasteiger partial charge in [0.05, 0.1) is 0 Å². The summed E-state index contributed by atoms with van der Waals surface area (Å²) in [5, 5.41) is 5.71. The highest BCUT2D eigenvalue weighted by atomic mass is 16.6. The van der Waals surface area contributed by atoms with Gasteiger partial charge in [0.1, 0.15) is 11.8 Å². The predicted octanol–water partition coefficient (Wildman–Crippen LogP) is 1.53. The molecule has 1 atom stereocenters. The number of nitrogens with one attached hydrogen (secondary N) is 2. The van der Waals surface area contributed by atoms with Crippen LogP contribution in [-0.4, -0.2) is 31.6 Å². The molecule has 0 aliphatic carbocycles. The van der Waals surface area contributed by atoms with Gasteiger partial charge in [-0.05, 0) is 32.4 Å². The smallest absolute Gasteiger partial charge is 0.407 e. The van der Waals surface area contributed by atoms with Crippen molar-refractivity contribution in [1.29, 1.82) is 0 Å². The molecule has 0 saturated carbocycles. The lowest BCUT2D eigenvalue weighted by atomic mass is 10.2. The number of carbonyl (C=O) groups excluding carboxylic acids is 1. The van der Waals surface area contributed by atoms with Crippen molar-refractivity contribution in [2.75, 3.05) is 13.7 Å². The third-order valence-corrected chi connectivity index (χ3v) is 2.01. The van der Waals surface area contributed by atoms with E-state index >= 15 is 0 Å². The number of hydrogen-bond acceptors (Lipinski definition) is 4. The van der Waals surface area contributed by atoms with Gasteiger partial charge in [-0.15, -0.1) is 0 Å². The van der Waals surface area contributed by atoms with E-state index in [4.69, 9.17) is 9.47 Å². The molecule has 1 aliphatic heterocycles. The molecule has 96 valence electrons. The van der Waals surface area contributed by atoms with Crippen molar-refractivity contribution >= 4 is 6.09 Å². The Kier molecular flexibility index (Phi) is 4.57. The number of hydrogen-bond donors (Lipinski definition) is 2. The molecule has 5 heteroatoms. The number of carbonyl (C=O) groups is 1. The van der Waals surface area contributed by atoms with Gasteiger partial charge < -0.3 is 20.1 Å². The average Bonchev–Trinajstić information content (AvgIpc) is 2.25. The summed E-state index contributed by atoms with van der Waals surface area (Å²) in [5.74, 6) is 0. The summed E-state index contributed by atoms with van der Waals surface area (Å²) >= 11 is 0. The normalized spacial score (nSPS) is 19.3. The number of methoxy groups -OCH3 is 1. The van der Waals surface area contributed by atoms with E-state index in [0.717, 1.165) is 5.57 Å². The second-order valence-electron chi connectivity index (χ2n) is 4.76. The Morgan fingerprint density at radius 2 is 2.24 bits per heavy atom. The van der Waals surface area contributed by atoms with Crippen LogP contribution in [0.1, 0.15) is 20.8 Å². The van der Waals surface area contributed by atoms with Crippen molar-refractivity contribution in [2.24, 2.45) is 0 Å². The van der Waals surface area contributed by atoms with Gasteiger partial charge in [-0.1, -0.05) is 6.08 Å². The molecular formula is C12H20N2O3. The first-order valence-corrected chi connectivity index (χ1v) is 5.53. The molecule has 17 heavy (non-hydrogen) atoms. The van der Waals surface area contributed by atoms with Crippen molar-refractivity contribution in [3.05, 3.63) is 23.9 Å². The van der Waals surface area contributed by atoms with Crippen LogP contribution >= 0.6 is 0 Å². The lowest BCUT2D eigenvalue weighted by molar-refractivity contribution is 0.0533. The van der Waals surface area contributed by atoms with Gasteiger partial charge in [0, 0.05) is 19.9 Å². The minimum Gasteiger partial charge on any atom is -0.444 e. The Morgan fingerprint density at radius 3 is 2.71 bits per heavy atom. The number of ether oxygens (including phenoxy) is 2. The van der Waals surface area contributed by atoms with Crippen LogP contribution in [0.3, 0.4) is 0 Å². The number of rotatable bonds is 3. The molecule has 0 fully saturated rings. The maximum Gasteiger partial charge on any atom is 0.407 e. The monoisotopic (exact) mass is 240 g/mol. The van der Waals surface area contributed by atoms with Gasteiger partial charge in [0.25, 0.3) is 0 Å². The number of dihydropyridines is 1. The third kappa shape index (κ3) is 5.40. The topological polar surface area (TPSA) is 59.6 Å². The maximum absolute atomic E-state index is 11.4. The summed E-state index contributed by atoms with van der Waals surface area (Å²) in [5.41, 5.74) is 0.490. The Labute approximate surface area is 102 Å². The first kappa shape index (κ1) is 13.6. The lowest BCUT2D eigenvalue weighted by Crippen LogP contribution is -2.34. The van der Waals surface area contributed by atoms with Crippen LogP contribution < -0.4 is 10.6 Å². The molecule has 0 aromatic heterocycles. The Bertz CT molecular complexity index is 329. The summed E-state index contributed by atoms with van der Waals surface area (Å²) in [6.45, 7) is 5.92. The van der Waals surface area contributed by atoms with Crippen LogP contribution in [0, 0.1) is 0 Å². The molecule has 5 nitrogen and oxygen atoms in total.